The van der Waals surface area contributed by atoms with Crippen LogP contribution in [0.2, 0.25) is 0 Å². The maximum absolute atomic E-state index is 13.5. The Morgan fingerprint density at radius 2 is 1.55 bits per heavy atom. The molecule has 0 aromatic heterocycles. The molecule has 0 saturated carbocycles. The Balaban J connectivity index is 2.14. The molecule has 1 nitrogen and oxygen atoms in total. The molecule has 2 aromatic rings. The molecule has 0 aliphatic heterocycles. The summed E-state index contributed by atoms with van der Waals surface area (Å²) in [5, 5.41) is 2.93. The first-order chi connectivity index (χ1) is 9.38. The van der Waals surface area contributed by atoms with Crippen molar-refractivity contribution in [2.75, 3.05) is 5.32 Å². The SMILES string of the molecule is CC(Nc1ccccc1F)c1ccc(C(F)(F)F)cc1. The van der Waals surface area contributed by atoms with Gasteiger partial charge in [0.2, 0.25) is 0 Å². The molecule has 2 rings (SSSR count). The van der Waals surface area contributed by atoms with E-state index in [0.29, 0.717) is 11.3 Å². The van der Waals surface area contributed by atoms with Gasteiger partial charge in [-0.05, 0) is 36.8 Å². The number of anilines is 1. The van der Waals surface area contributed by atoms with E-state index in [2.05, 4.69) is 5.32 Å². The molecule has 0 spiro atoms. The Morgan fingerprint density at radius 3 is 2.10 bits per heavy atom. The van der Waals surface area contributed by atoms with E-state index in [1.54, 1.807) is 25.1 Å². The molecule has 20 heavy (non-hydrogen) atoms. The lowest BCUT2D eigenvalue weighted by molar-refractivity contribution is -0.137. The van der Waals surface area contributed by atoms with Crippen molar-refractivity contribution in [2.45, 2.75) is 19.1 Å². The fourth-order valence-corrected chi connectivity index (χ4v) is 1.86. The van der Waals surface area contributed by atoms with Crippen molar-refractivity contribution in [3.63, 3.8) is 0 Å². The summed E-state index contributed by atoms with van der Waals surface area (Å²) in [4.78, 5) is 0. The molecule has 106 valence electrons. The normalized spacial score (nSPS) is 13.1. The van der Waals surface area contributed by atoms with Crippen LogP contribution in [0.15, 0.2) is 48.5 Å². The molecule has 0 heterocycles. The lowest BCUT2D eigenvalue weighted by atomic mass is 10.1. The second-order valence-electron chi connectivity index (χ2n) is 4.47. The zero-order valence-corrected chi connectivity index (χ0v) is 10.7. The molecule has 2 aromatic carbocycles. The number of benzene rings is 2. The van der Waals surface area contributed by atoms with Crippen LogP contribution in [-0.4, -0.2) is 0 Å². The minimum atomic E-state index is -4.35. The van der Waals surface area contributed by atoms with Crippen LogP contribution in [0.5, 0.6) is 0 Å². The van der Waals surface area contributed by atoms with E-state index in [0.717, 1.165) is 12.1 Å². The molecule has 0 aliphatic rings. The highest BCUT2D eigenvalue weighted by Gasteiger charge is 2.30. The summed E-state index contributed by atoms with van der Waals surface area (Å²) in [5.41, 5.74) is 0.278. The van der Waals surface area contributed by atoms with Crippen molar-refractivity contribution in [1.29, 1.82) is 0 Å². The van der Waals surface area contributed by atoms with Gasteiger partial charge in [-0.1, -0.05) is 24.3 Å². The van der Waals surface area contributed by atoms with E-state index in [1.165, 1.54) is 18.2 Å². The Bertz CT molecular complexity index is 575. The zero-order chi connectivity index (χ0) is 14.8. The fraction of sp³-hybridized carbons (Fsp3) is 0.200. The molecular formula is C15H13F4N. The highest BCUT2D eigenvalue weighted by molar-refractivity contribution is 5.46. The summed E-state index contributed by atoms with van der Waals surface area (Å²) < 4.78 is 50.8. The zero-order valence-electron chi connectivity index (χ0n) is 10.7. The van der Waals surface area contributed by atoms with Crippen LogP contribution in [0, 0.1) is 5.82 Å². The first-order valence-electron chi connectivity index (χ1n) is 6.06. The van der Waals surface area contributed by atoms with Crippen molar-refractivity contribution < 1.29 is 17.6 Å². The lowest BCUT2D eigenvalue weighted by Gasteiger charge is -2.17. The van der Waals surface area contributed by atoms with Gasteiger partial charge in [0, 0.05) is 6.04 Å². The number of nitrogens with one attached hydrogen (secondary N) is 1. The summed E-state index contributed by atoms with van der Waals surface area (Å²) >= 11 is 0. The summed E-state index contributed by atoms with van der Waals surface area (Å²) in [6.07, 6.45) is -4.35. The number of alkyl halides is 3. The van der Waals surface area contributed by atoms with Crippen molar-refractivity contribution in [3.05, 3.63) is 65.5 Å². The van der Waals surface area contributed by atoms with Crippen molar-refractivity contribution >= 4 is 5.69 Å². The molecule has 0 amide bonds. The smallest absolute Gasteiger partial charge is 0.376 e. The van der Waals surface area contributed by atoms with E-state index in [4.69, 9.17) is 0 Å². The van der Waals surface area contributed by atoms with Crippen LogP contribution in [0.3, 0.4) is 0 Å². The monoisotopic (exact) mass is 283 g/mol. The van der Waals surface area contributed by atoms with Gasteiger partial charge in [-0.3, -0.25) is 0 Å². The second kappa shape index (κ2) is 5.53. The predicted molar refractivity (Wildman–Crippen MR) is 69.9 cm³/mol. The van der Waals surface area contributed by atoms with Crippen molar-refractivity contribution in [2.24, 2.45) is 0 Å². The summed E-state index contributed by atoms with van der Waals surface area (Å²) in [7, 11) is 0. The Morgan fingerprint density at radius 1 is 0.950 bits per heavy atom. The number of hydrogen-bond donors (Lipinski definition) is 1. The van der Waals surface area contributed by atoms with Crippen LogP contribution in [0.1, 0.15) is 24.1 Å². The second-order valence-corrected chi connectivity index (χ2v) is 4.47. The minimum absolute atomic E-state index is 0.297. The van der Waals surface area contributed by atoms with E-state index >= 15 is 0 Å². The minimum Gasteiger partial charge on any atom is -0.376 e. The van der Waals surface area contributed by atoms with Crippen LogP contribution in [0.4, 0.5) is 23.2 Å². The van der Waals surface area contributed by atoms with Crippen molar-refractivity contribution in [1.82, 2.24) is 0 Å². The van der Waals surface area contributed by atoms with Crippen LogP contribution < -0.4 is 5.32 Å². The number of para-hydroxylation sites is 1. The van der Waals surface area contributed by atoms with Crippen LogP contribution in [-0.2, 0) is 6.18 Å². The summed E-state index contributed by atoms with van der Waals surface area (Å²) in [6, 6.07) is 10.7. The topological polar surface area (TPSA) is 12.0 Å². The van der Waals surface area contributed by atoms with Gasteiger partial charge < -0.3 is 5.32 Å². The highest BCUT2D eigenvalue weighted by atomic mass is 19.4. The molecule has 0 radical (unpaired) electrons. The van der Waals surface area contributed by atoms with E-state index in [1.807, 2.05) is 0 Å². The molecule has 0 bridgehead atoms. The molecule has 5 heteroatoms. The fourth-order valence-electron chi connectivity index (χ4n) is 1.86. The third-order valence-corrected chi connectivity index (χ3v) is 2.98. The largest absolute Gasteiger partial charge is 0.416 e. The first-order valence-corrected chi connectivity index (χ1v) is 6.06. The number of halogens is 4. The molecule has 0 aliphatic carbocycles. The summed E-state index contributed by atoms with van der Waals surface area (Å²) in [6.45, 7) is 1.76. The number of hydrogen-bond acceptors (Lipinski definition) is 1. The molecule has 0 saturated heterocycles. The average Bonchev–Trinajstić information content (AvgIpc) is 2.40. The van der Waals surface area contributed by atoms with E-state index in [-0.39, 0.29) is 6.04 Å². The maximum atomic E-state index is 13.5. The van der Waals surface area contributed by atoms with E-state index in [9.17, 15) is 17.6 Å². The van der Waals surface area contributed by atoms with Gasteiger partial charge in [-0.25, -0.2) is 4.39 Å². The summed E-state index contributed by atoms with van der Waals surface area (Å²) in [5.74, 6) is -0.397. The van der Waals surface area contributed by atoms with Gasteiger partial charge in [0.25, 0.3) is 0 Å². The molecule has 1 unspecified atom stereocenters. The number of rotatable bonds is 3. The highest BCUT2D eigenvalue weighted by Crippen LogP contribution is 2.30. The Kier molecular flexibility index (Phi) is 3.97. The van der Waals surface area contributed by atoms with Gasteiger partial charge in [0.15, 0.2) is 0 Å². The van der Waals surface area contributed by atoms with E-state index < -0.39 is 17.6 Å². The first kappa shape index (κ1) is 14.4. The predicted octanol–water partition coefficient (Wildman–Crippen LogP) is 5.02. The van der Waals surface area contributed by atoms with Gasteiger partial charge >= 0.3 is 6.18 Å². The van der Waals surface area contributed by atoms with Gasteiger partial charge in [0.1, 0.15) is 5.82 Å². The molecule has 1 atom stereocenters. The quantitative estimate of drug-likeness (QED) is 0.780. The lowest BCUT2D eigenvalue weighted by Crippen LogP contribution is -2.09. The van der Waals surface area contributed by atoms with Crippen LogP contribution in [0.25, 0.3) is 0 Å². The molecular weight excluding hydrogens is 270 g/mol. The van der Waals surface area contributed by atoms with Gasteiger partial charge in [-0.15, -0.1) is 0 Å². The third kappa shape index (κ3) is 3.29. The average molecular weight is 283 g/mol. The Hall–Kier alpha value is -2.04. The standard InChI is InChI=1S/C15H13F4N/c1-10(20-14-5-3-2-4-13(14)16)11-6-8-12(9-7-11)15(17,18)19/h2-10,20H,1H3. The van der Waals surface area contributed by atoms with Gasteiger partial charge in [0.05, 0.1) is 11.3 Å². The van der Waals surface area contributed by atoms with Crippen molar-refractivity contribution in [3.8, 4) is 0 Å². The van der Waals surface area contributed by atoms with Crippen LogP contribution >= 0.6 is 0 Å². The third-order valence-electron chi connectivity index (χ3n) is 2.98. The molecule has 1 N–H and O–H groups in total. The molecule has 0 fully saturated rings. The van der Waals surface area contributed by atoms with Gasteiger partial charge in [-0.2, -0.15) is 13.2 Å². The maximum Gasteiger partial charge on any atom is 0.416 e. The Labute approximate surface area is 114 Å².